The number of rotatable bonds is 7. The maximum atomic E-state index is 9.02. The monoisotopic (exact) mass is 295 g/mol. The molecule has 0 fully saturated rings. The van der Waals surface area contributed by atoms with Gasteiger partial charge in [0.2, 0.25) is 0 Å². The van der Waals surface area contributed by atoms with Crippen LogP contribution in [0.5, 0.6) is 0 Å². The molecule has 0 saturated carbocycles. The van der Waals surface area contributed by atoms with E-state index in [1.807, 2.05) is 6.07 Å². The molecule has 2 rings (SSSR count). The minimum absolute atomic E-state index is 0.321. The highest BCUT2D eigenvalue weighted by Gasteiger charge is 2.05. The molecule has 0 aliphatic heterocycles. The average Bonchev–Trinajstić information content (AvgIpc) is 2.58. The molecule has 22 heavy (non-hydrogen) atoms. The molecule has 0 aliphatic carbocycles. The predicted molar refractivity (Wildman–Crippen MR) is 87.1 cm³/mol. The van der Waals surface area contributed by atoms with Gasteiger partial charge >= 0.3 is 0 Å². The highest BCUT2D eigenvalue weighted by atomic mass is 15.1. The second kappa shape index (κ2) is 8.11. The summed E-state index contributed by atoms with van der Waals surface area (Å²) in [6.07, 6.45) is 3.11. The van der Waals surface area contributed by atoms with Crippen LogP contribution in [-0.2, 0) is 13.1 Å². The van der Waals surface area contributed by atoms with Gasteiger partial charge in [0.25, 0.3) is 0 Å². The lowest BCUT2D eigenvalue weighted by atomic mass is 10.1. The Balaban J connectivity index is 2.03. The van der Waals surface area contributed by atoms with E-state index in [-0.39, 0.29) is 0 Å². The molecule has 0 saturated heterocycles. The fourth-order valence-corrected chi connectivity index (χ4v) is 2.28. The van der Waals surface area contributed by atoms with E-state index in [0.29, 0.717) is 18.1 Å². The van der Waals surface area contributed by atoms with Crippen LogP contribution < -0.4 is 5.32 Å². The van der Waals surface area contributed by atoms with E-state index in [0.717, 1.165) is 19.6 Å². The number of hydrogen-bond donors (Lipinski definition) is 1. The Labute approximate surface area is 131 Å². The first kappa shape index (κ1) is 15.9. The summed E-state index contributed by atoms with van der Waals surface area (Å²) in [5, 5.41) is 12.2. The van der Waals surface area contributed by atoms with Gasteiger partial charge in [0.1, 0.15) is 6.07 Å². The van der Waals surface area contributed by atoms with Gasteiger partial charge < -0.3 is 5.32 Å². The summed E-state index contributed by atoms with van der Waals surface area (Å²) in [5.74, 6) is 0.527. The summed E-state index contributed by atoms with van der Waals surface area (Å²) in [6, 6.07) is 10.5. The standard InChI is InChI=1S/C17H21N5/c1-3-22(4-2)13-15-7-5-6-14(10-15)12-21-17-16(11-18)19-8-9-20-17/h5-10H,3-4,12-13H2,1-2H3,(H,20,21). The van der Waals surface area contributed by atoms with Crippen molar-refractivity contribution >= 4 is 5.82 Å². The number of nitriles is 1. The third-order valence-corrected chi connectivity index (χ3v) is 3.56. The van der Waals surface area contributed by atoms with Crippen LogP contribution in [0.25, 0.3) is 0 Å². The number of anilines is 1. The molecule has 5 nitrogen and oxygen atoms in total. The Hall–Kier alpha value is -2.45. The molecule has 1 aromatic heterocycles. The van der Waals surface area contributed by atoms with E-state index in [1.165, 1.54) is 17.3 Å². The van der Waals surface area contributed by atoms with Crippen molar-refractivity contribution in [3.05, 3.63) is 53.5 Å². The van der Waals surface area contributed by atoms with Crippen molar-refractivity contribution in [2.24, 2.45) is 0 Å². The molecule has 0 atom stereocenters. The van der Waals surface area contributed by atoms with E-state index < -0.39 is 0 Å². The smallest absolute Gasteiger partial charge is 0.182 e. The largest absolute Gasteiger partial charge is 0.364 e. The predicted octanol–water partition coefficient (Wildman–Crippen LogP) is 2.80. The topological polar surface area (TPSA) is 64.8 Å². The van der Waals surface area contributed by atoms with Gasteiger partial charge in [-0.1, -0.05) is 38.1 Å². The van der Waals surface area contributed by atoms with Crippen molar-refractivity contribution in [1.29, 1.82) is 5.26 Å². The van der Waals surface area contributed by atoms with E-state index >= 15 is 0 Å². The Morgan fingerprint density at radius 3 is 2.59 bits per heavy atom. The summed E-state index contributed by atoms with van der Waals surface area (Å²) in [6.45, 7) is 8.02. The second-order valence-electron chi connectivity index (χ2n) is 5.00. The molecule has 114 valence electrons. The highest BCUT2D eigenvalue weighted by molar-refractivity contribution is 5.47. The lowest BCUT2D eigenvalue weighted by molar-refractivity contribution is 0.296. The quantitative estimate of drug-likeness (QED) is 0.851. The van der Waals surface area contributed by atoms with Gasteiger partial charge in [-0.3, -0.25) is 4.90 Å². The van der Waals surface area contributed by atoms with Crippen molar-refractivity contribution < 1.29 is 0 Å². The fraction of sp³-hybridized carbons (Fsp3) is 0.353. The zero-order chi connectivity index (χ0) is 15.8. The van der Waals surface area contributed by atoms with Crippen LogP contribution >= 0.6 is 0 Å². The third-order valence-electron chi connectivity index (χ3n) is 3.56. The Bertz CT molecular complexity index is 643. The van der Waals surface area contributed by atoms with E-state index in [9.17, 15) is 0 Å². The van der Waals surface area contributed by atoms with Crippen LogP contribution in [0.2, 0.25) is 0 Å². The van der Waals surface area contributed by atoms with Crippen molar-refractivity contribution in [3.8, 4) is 6.07 Å². The fourth-order valence-electron chi connectivity index (χ4n) is 2.28. The molecule has 2 aromatic rings. The molecular formula is C17H21N5. The Morgan fingerprint density at radius 1 is 1.14 bits per heavy atom. The summed E-state index contributed by atoms with van der Waals surface area (Å²) in [5.41, 5.74) is 2.78. The molecule has 0 bridgehead atoms. The molecule has 1 N–H and O–H groups in total. The van der Waals surface area contributed by atoms with Gasteiger partial charge in [0.15, 0.2) is 11.5 Å². The lowest BCUT2D eigenvalue weighted by Crippen LogP contribution is -2.22. The van der Waals surface area contributed by atoms with Crippen molar-refractivity contribution in [2.75, 3.05) is 18.4 Å². The molecule has 0 aliphatic rings. The molecule has 0 amide bonds. The van der Waals surface area contributed by atoms with Crippen LogP contribution in [-0.4, -0.2) is 28.0 Å². The lowest BCUT2D eigenvalue weighted by Gasteiger charge is -2.18. The molecule has 0 unspecified atom stereocenters. The van der Waals surface area contributed by atoms with Gasteiger partial charge in [-0.15, -0.1) is 0 Å². The first-order valence-electron chi connectivity index (χ1n) is 7.52. The zero-order valence-electron chi connectivity index (χ0n) is 13.1. The maximum absolute atomic E-state index is 9.02. The minimum atomic E-state index is 0.321. The van der Waals surface area contributed by atoms with Gasteiger partial charge in [-0.05, 0) is 24.2 Å². The molecule has 1 aromatic carbocycles. The Morgan fingerprint density at radius 2 is 1.86 bits per heavy atom. The van der Waals surface area contributed by atoms with Crippen molar-refractivity contribution in [2.45, 2.75) is 26.9 Å². The van der Waals surface area contributed by atoms with E-state index in [1.54, 1.807) is 6.20 Å². The zero-order valence-corrected chi connectivity index (χ0v) is 13.1. The number of aromatic nitrogens is 2. The maximum Gasteiger partial charge on any atom is 0.182 e. The third kappa shape index (κ3) is 4.27. The van der Waals surface area contributed by atoms with Crippen LogP contribution in [0, 0.1) is 11.3 Å². The molecule has 5 heteroatoms. The number of nitrogens with one attached hydrogen (secondary N) is 1. The first-order valence-corrected chi connectivity index (χ1v) is 7.52. The van der Waals surface area contributed by atoms with Crippen LogP contribution in [0.4, 0.5) is 5.82 Å². The van der Waals surface area contributed by atoms with Crippen molar-refractivity contribution in [3.63, 3.8) is 0 Å². The van der Waals surface area contributed by atoms with E-state index in [4.69, 9.17) is 5.26 Å². The SMILES string of the molecule is CCN(CC)Cc1cccc(CNc2nccnc2C#N)c1. The van der Waals surface area contributed by atoms with E-state index in [2.05, 4.69) is 58.3 Å². The second-order valence-corrected chi connectivity index (χ2v) is 5.00. The summed E-state index contributed by atoms with van der Waals surface area (Å²) in [7, 11) is 0. The van der Waals surface area contributed by atoms with Crippen LogP contribution in [0.1, 0.15) is 30.7 Å². The normalized spacial score (nSPS) is 10.5. The first-order chi connectivity index (χ1) is 10.8. The van der Waals surface area contributed by atoms with Gasteiger partial charge in [0.05, 0.1) is 0 Å². The molecular weight excluding hydrogens is 274 g/mol. The van der Waals surface area contributed by atoms with Gasteiger partial charge in [-0.25, -0.2) is 9.97 Å². The molecule has 0 radical (unpaired) electrons. The molecule has 1 heterocycles. The number of hydrogen-bond acceptors (Lipinski definition) is 5. The van der Waals surface area contributed by atoms with Crippen molar-refractivity contribution in [1.82, 2.24) is 14.9 Å². The summed E-state index contributed by atoms with van der Waals surface area (Å²) < 4.78 is 0. The van der Waals surface area contributed by atoms with Crippen LogP contribution in [0.3, 0.4) is 0 Å². The van der Waals surface area contributed by atoms with Gasteiger partial charge in [0, 0.05) is 25.5 Å². The Kier molecular flexibility index (Phi) is 5.87. The number of nitrogens with zero attached hydrogens (tertiary/aromatic N) is 4. The highest BCUT2D eigenvalue weighted by Crippen LogP contribution is 2.12. The van der Waals surface area contributed by atoms with Crippen LogP contribution in [0.15, 0.2) is 36.7 Å². The molecule has 0 spiro atoms. The summed E-state index contributed by atoms with van der Waals surface area (Å²) >= 11 is 0. The van der Waals surface area contributed by atoms with Gasteiger partial charge in [-0.2, -0.15) is 5.26 Å². The summed E-state index contributed by atoms with van der Waals surface area (Å²) in [4.78, 5) is 10.5. The minimum Gasteiger partial charge on any atom is -0.364 e. The number of benzene rings is 1. The average molecular weight is 295 g/mol.